The topological polar surface area (TPSA) is 27.7 Å². The number of methoxy groups -OCH3 is 2. The molecule has 3 nitrogen and oxygen atoms in total. The third kappa shape index (κ3) is 4.55. The van der Waals surface area contributed by atoms with Gasteiger partial charge in [-0.05, 0) is 34.8 Å². The van der Waals surface area contributed by atoms with Gasteiger partial charge < -0.3 is 14.2 Å². The molecule has 0 N–H and O–H groups in total. The Bertz CT molecular complexity index is 625. The summed E-state index contributed by atoms with van der Waals surface area (Å²) in [4.78, 5) is 0. The summed E-state index contributed by atoms with van der Waals surface area (Å²) in [5, 5.41) is 0. The van der Waals surface area contributed by atoms with E-state index in [-0.39, 0.29) is 11.8 Å². The molecule has 0 aromatic heterocycles. The van der Waals surface area contributed by atoms with Gasteiger partial charge in [0.1, 0.15) is 0 Å². The van der Waals surface area contributed by atoms with Crippen molar-refractivity contribution in [3.05, 3.63) is 23.3 Å². The van der Waals surface area contributed by atoms with Crippen molar-refractivity contribution >= 4 is 5.57 Å². The fraction of sp³-hybridized carbons (Fsp3) is 0.652. The molecule has 0 aliphatic carbocycles. The van der Waals surface area contributed by atoms with Gasteiger partial charge in [0, 0.05) is 11.1 Å². The quantitative estimate of drug-likeness (QED) is 0.492. The lowest BCUT2D eigenvalue weighted by Crippen LogP contribution is -2.14. The summed E-state index contributed by atoms with van der Waals surface area (Å²) in [6.07, 6.45) is 0. The predicted octanol–water partition coefficient (Wildman–Crippen LogP) is 6.65. The SMILES string of the molecule is C=C(c1c(C(C)C)c(OC)c(OC)c(OCC(C)C)c1C(C)C)C(C)C. The fourth-order valence-electron chi connectivity index (χ4n) is 3.24. The minimum Gasteiger partial charge on any atom is -0.492 e. The van der Waals surface area contributed by atoms with Crippen LogP contribution in [0, 0.1) is 11.8 Å². The van der Waals surface area contributed by atoms with Crippen LogP contribution in [0.15, 0.2) is 6.58 Å². The average molecular weight is 363 g/mol. The second kappa shape index (κ2) is 9.34. The smallest absolute Gasteiger partial charge is 0.203 e. The van der Waals surface area contributed by atoms with E-state index in [4.69, 9.17) is 14.2 Å². The summed E-state index contributed by atoms with van der Waals surface area (Å²) in [7, 11) is 3.39. The van der Waals surface area contributed by atoms with Crippen LogP contribution in [0.25, 0.3) is 5.57 Å². The van der Waals surface area contributed by atoms with E-state index in [0.29, 0.717) is 24.2 Å². The Balaban J connectivity index is 3.99. The van der Waals surface area contributed by atoms with E-state index in [0.717, 1.165) is 22.6 Å². The first-order chi connectivity index (χ1) is 12.1. The van der Waals surface area contributed by atoms with Gasteiger partial charge >= 0.3 is 0 Å². The molecule has 0 spiro atoms. The highest BCUT2D eigenvalue weighted by Gasteiger charge is 2.31. The minimum atomic E-state index is 0.278. The molecule has 1 aromatic rings. The molecule has 148 valence electrons. The predicted molar refractivity (Wildman–Crippen MR) is 112 cm³/mol. The Morgan fingerprint density at radius 2 is 1.23 bits per heavy atom. The maximum absolute atomic E-state index is 6.28. The van der Waals surface area contributed by atoms with E-state index in [9.17, 15) is 0 Å². The van der Waals surface area contributed by atoms with Crippen LogP contribution in [0.2, 0.25) is 0 Å². The van der Waals surface area contributed by atoms with Crippen molar-refractivity contribution in [1.82, 2.24) is 0 Å². The first-order valence-electron chi connectivity index (χ1n) is 9.71. The summed E-state index contributed by atoms with van der Waals surface area (Å²) < 4.78 is 17.9. The zero-order valence-electron chi connectivity index (χ0n) is 18.4. The fourth-order valence-corrected chi connectivity index (χ4v) is 3.24. The second-order valence-electron chi connectivity index (χ2n) is 8.29. The number of hydrogen-bond acceptors (Lipinski definition) is 3. The molecule has 0 radical (unpaired) electrons. The van der Waals surface area contributed by atoms with Crippen LogP contribution in [0.4, 0.5) is 0 Å². The third-order valence-electron chi connectivity index (χ3n) is 4.58. The molecule has 0 saturated heterocycles. The molecule has 0 atom stereocenters. The van der Waals surface area contributed by atoms with Crippen molar-refractivity contribution in [2.75, 3.05) is 20.8 Å². The molecule has 0 aliphatic heterocycles. The molecule has 0 fully saturated rings. The van der Waals surface area contributed by atoms with Gasteiger partial charge in [0.25, 0.3) is 0 Å². The lowest BCUT2D eigenvalue weighted by Gasteiger charge is -2.30. The zero-order chi connectivity index (χ0) is 20.2. The van der Waals surface area contributed by atoms with Crippen molar-refractivity contribution in [3.8, 4) is 17.2 Å². The van der Waals surface area contributed by atoms with E-state index >= 15 is 0 Å². The van der Waals surface area contributed by atoms with Gasteiger partial charge in [0.05, 0.1) is 20.8 Å². The third-order valence-corrected chi connectivity index (χ3v) is 4.58. The van der Waals surface area contributed by atoms with Gasteiger partial charge in [-0.25, -0.2) is 0 Å². The highest BCUT2D eigenvalue weighted by Crippen LogP contribution is 2.52. The summed E-state index contributed by atoms with van der Waals surface area (Å²) in [6.45, 7) is 22.5. The van der Waals surface area contributed by atoms with E-state index < -0.39 is 0 Å². The lowest BCUT2D eigenvalue weighted by molar-refractivity contribution is 0.247. The van der Waals surface area contributed by atoms with Crippen LogP contribution in [-0.4, -0.2) is 20.8 Å². The van der Waals surface area contributed by atoms with Crippen molar-refractivity contribution in [2.45, 2.75) is 67.2 Å². The Labute approximate surface area is 160 Å². The first-order valence-corrected chi connectivity index (χ1v) is 9.71. The highest BCUT2D eigenvalue weighted by atomic mass is 16.5. The maximum atomic E-state index is 6.28. The van der Waals surface area contributed by atoms with Gasteiger partial charge in [-0.1, -0.05) is 62.0 Å². The Morgan fingerprint density at radius 1 is 0.769 bits per heavy atom. The molecular weight excluding hydrogens is 324 g/mol. The van der Waals surface area contributed by atoms with E-state index in [1.54, 1.807) is 14.2 Å². The van der Waals surface area contributed by atoms with Gasteiger partial charge in [0.2, 0.25) is 5.75 Å². The van der Waals surface area contributed by atoms with Gasteiger partial charge in [-0.15, -0.1) is 0 Å². The van der Waals surface area contributed by atoms with Crippen LogP contribution < -0.4 is 14.2 Å². The molecule has 26 heavy (non-hydrogen) atoms. The standard InChI is InChI=1S/C23H38O3/c1-13(2)12-26-22-19(16(7)8)20(17(9)14(3)4)18(15(5)6)21(24-10)23(22)25-11/h13-16H,9,12H2,1-8,10-11H3. The largest absolute Gasteiger partial charge is 0.492 e. The Morgan fingerprint density at radius 3 is 1.58 bits per heavy atom. The van der Waals surface area contributed by atoms with Gasteiger partial charge in [0.15, 0.2) is 11.5 Å². The summed E-state index contributed by atoms with van der Waals surface area (Å²) in [6, 6.07) is 0. The summed E-state index contributed by atoms with van der Waals surface area (Å²) in [5.74, 6) is 3.58. The van der Waals surface area contributed by atoms with Crippen molar-refractivity contribution in [1.29, 1.82) is 0 Å². The van der Waals surface area contributed by atoms with E-state index in [1.165, 1.54) is 11.1 Å². The zero-order valence-corrected chi connectivity index (χ0v) is 18.4. The molecule has 1 aromatic carbocycles. The molecule has 0 amide bonds. The van der Waals surface area contributed by atoms with Gasteiger partial charge in [-0.3, -0.25) is 0 Å². The number of rotatable bonds is 9. The first kappa shape index (κ1) is 22.4. The van der Waals surface area contributed by atoms with E-state index in [2.05, 4.69) is 62.0 Å². The lowest BCUT2D eigenvalue weighted by atomic mass is 9.80. The number of allylic oxidation sites excluding steroid dienone is 1. The molecule has 3 heteroatoms. The summed E-state index contributed by atoms with van der Waals surface area (Å²) in [5.41, 5.74) is 4.63. The summed E-state index contributed by atoms with van der Waals surface area (Å²) >= 11 is 0. The van der Waals surface area contributed by atoms with Crippen LogP contribution >= 0.6 is 0 Å². The maximum Gasteiger partial charge on any atom is 0.203 e. The minimum absolute atomic E-state index is 0.278. The number of benzene rings is 1. The van der Waals surface area contributed by atoms with Crippen molar-refractivity contribution < 1.29 is 14.2 Å². The molecule has 0 saturated carbocycles. The van der Waals surface area contributed by atoms with Crippen LogP contribution in [0.3, 0.4) is 0 Å². The molecule has 0 aliphatic rings. The normalized spacial score (nSPS) is 11.6. The molecule has 0 heterocycles. The molecule has 0 bridgehead atoms. The average Bonchev–Trinajstić information content (AvgIpc) is 2.56. The Kier molecular flexibility index (Phi) is 8.05. The van der Waals surface area contributed by atoms with E-state index in [1.807, 2.05) is 0 Å². The molecule has 0 unspecified atom stereocenters. The van der Waals surface area contributed by atoms with Crippen LogP contribution in [0.5, 0.6) is 17.2 Å². The highest BCUT2D eigenvalue weighted by molar-refractivity contribution is 5.79. The second-order valence-corrected chi connectivity index (χ2v) is 8.29. The van der Waals surface area contributed by atoms with Gasteiger partial charge in [-0.2, -0.15) is 0 Å². The van der Waals surface area contributed by atoms with Crippen molar-refractivity contribution in [3.63, 3.8) is 0 Å². The molecule has 1 rings (SSSR count). The number of hydrogen-bond donors (Lipinski definition) is 0. The van der Waals surface area contributed by atoms with Crippen LogP contribution in [-0.2, 0) is 0 Å². The molecular formula is C23H38O3. The number of ether oxygens (including phenoxy) is 3. The van der Waals surface area contributed by atoms with Crippen LogP contribution in [0.1, 0.15) is 83.9 Å². The Hall–Kier alpha value is -1.64. The van der Waals surface area contributed by atoms with Crippen molar-refractivity contribution in [2.24, 2.45) is 11.8 Å². The monoisotopic (exact) mass is 362 g/mol.